The quantitative estimate of drug-likeness (QED) is 0.832. The summed E-state index contributed by atoms with van der Waals surface area (Å²) in [5.41, 5.74) is 0.474. The predicted octanol–water partition coefficient (Wildman–Crippen LogP) is 1.52. The number of rotatable bonds is 6. The van der Waals surface area contributed by atoms with E-state index in [4.69, 9.17) is 4.74 Å². The second-order valence-electron chi connectivity index (χ2n) is 6.10. The summed E-state index contributed by atoms with van der Waals surface area (Å²) in [6.45, 7) is 2.18. The number of hydrogen-bond acceptors (Lipinski definition) is 5. The number of benzene rings is 1. The molecular formula is C19H21FN4O3. The normalized spacial score (nSPS) is 14.1. The fraction of sp³-hybridized carbons (Fsp3) is 0.316. The van der Waals surface area contributed by atoms with Crippen molar-refractivity contribution in [2.75, 3.05) is 49.6 Å². The molecule has 2 heterocycles. The minimum atomic E-state index is -0.394. The van der Waals surface area contributed by atoms with Crippen molar-refractivity contribution in [3.63, 3.8) is 0 Å². The van der Waals surface area contributed by atoms with E-state index < -0.39 is 5.91 Å². The molecule has 1 saturated heterocycles. The average molecular weight is 372 g/mol. The van der Waals surface area contributed by atoms with Crippen molar-refractivity contribution >= 4 is 23.3 Å². The molecule has 0 radical (unpaired) electrons. The fourth-order valence-corrected chi connectivity index (χ4v) is 2.78. The van der Waals surface area contributed by atoms with Crippen LogP contribution in [0.3, 0.4) is 0 Å². The van der Waals surface area contributed by atoms with Crippen molar-refractivity contribution in [3.05, 3.63) is 54.5 Å². The highest BCUT2D eigenvalue weighted by molar-refractivity contribution is 5.91. The van der Waals surface area contributed by atoms with E-state index >= 15 is 0 Å². The molecule has 0 bridgehead atoms. The molecule has 0 unspecified atom stereocenters. The highest BCUT2D eigenvalue weighted by atomic mass is 19.1. The van der Waals surface area contributed by atoms with Gasteiger partial charge in [-0.1, -0.05) is 6.07 Å². The minimum Gasteiger partial charge on any atom is -0.362 e. The molecule has 3 rings (SSSR count). The van der Waals surface area contributed by atoms with Crippen LogP contribution in [0, 0.1) is 5.82 Å². The number of anilines is 2. The first-order valence-electron chi connectivity index (χ1n) is 8.69. The third kappa shape index (κ3) is 5.49. The number of nitrogens with one attached hydrogen (secondary N) is 1. The first kappa shape index (κ1) is 18.8. The number of pyridine rings is 1. The van der Waals surface area contributed by atoms with Crippen LogP contribution in [-0.4, -0.2) is 61.1 Å². The first-order chi connectivity index (χ1) is 13.1. The van der Waals surface area contributed by atoms with E-state index in [1.807, 2.05) is 18.2 Å². The monoisotopic (exact) mass is 372 g/mol. The number of amides is 2. The predicted molar refractivity (Wildman–Crippen MR) is 98.9 cm³/mol. The summed E-state index contributed by atoms with van der Waals surface area (Å²) >= 11 is 0. The van der Waals surface area contributed by atoms with Gasteiger partial charge in [-0.3, -0.25) is 9.59 Å². The molecule has 7 nitrogen and oxygen atoms in total. The maximum atomic E-state index is 12.8. The van der Waals surface area contributed by atoms with Gasteiger partial charge in [-0.05, 0) is 36.4 Å². The molecule has 2 amide bonds. The molecule has 1 aromatic carbocycles. The Labute approximate surface area is 156 Å². The van der Waals surface area contributed by atoms with Crippen LogP contribution in [0.2, 0.25) is 0 Å². The van der Waals surface area contributed by atoms with Crippen LogP contribution in [0.25, 0.3) is 0 Å². The number of halogens is 1. The van der Waals surface area contributed by atoms with Crippen LogP contribution < -0.4 is 10.2 Å². The molecular weight excluding hydrogens is 351 g/mol. The largest absolute Gasteiger partial charge is 0.362 e. The molecule has 2 aromatic rings. The van der Waals surface area contributed by atoms with Crippen molar-refractivity contribution in [2.24, 2.45) is 0 Å². The Hall–Kier alpha value is -3.00. The molecule has 27 heavy (non-hydrogen) atoms. The van der Waals surface area contributed by atoms with Crippen molar-refractivity contribution in [1.29, 1.82) is 0 Å². The number of hydrogen-bond donors (Lipinski definition) is 1. The van der Waals surface area contributed by atoms with E-state index in [1.165, 1.54) is 24.3 Å². The lowest BCUT2D eigenvalue weighted by Gasteiger charge is -2.35. The Balaban J connectivity index is 1.36. The van der Waals surface area contributed by atoms with Gasteiger partial charge in [0.05, 0.1) is 0 Å². The number of ether oxygens (including phenoxy) is 1. The first-order valence-corrected chi connectivity index (χ1v) is 8.69. The number of aromatic nitrogens is 1. The molecule has 1 N–H and O–H groups in total. The van der Waals surface area contributed by atoms with E-state index in [0.29, 0.717) is 31.9 Å². The molecule has 142 valence electrons. The van der Waals surface area contributed by atoms with Crippen LogP contribution in [0.4, 0.5) is 15.9 Å². The number of carbonyl (C=O) groups is 2. The molecule has 1 fully saturated rings. The van der Waals surface area contributed by atoms with Gasteiger partial charge in [0.1, 0.15) is 24.8 Å². The van der Waals surface area contributed by atoms with Crippen molar-refractivity contribution in [2.45, 2.75) is 0 Å². The van der Waals surface area contributed by atoms with Crippen LogP contribution in [0.15, 0.2) is 48.7 Å². The number of piperazine rings is 1. The summed E-state index contributed by atoms with van der Waals surface area (Å²) in [5.74, 6) is -0.0177. The van der Waals surface area contributed by atoms with E-state index in [1.54, 1.807) is 11.1 Å². The second kappa shape index (κ2) is 9.09. The fourth-order valence-electron chi connectivity index (χ4n) is 2.78. The van der Waals surface area contributed by atoms with Crippen LogP contribution in [-0.2, 0) is 14.3 Å². The van der Waals surface area contributed by atoms with Gasteiger partial charge in [0.2, 0.25) is 11.8 Å². The maximum absolute atomic E-state index is 12.8. The zero-order valence-corrected chi connectivity index (χ0v) is 14.8. The summed E-state index contributed by atoms with van der Waals surface area (Å²) < 4.78 is 18.0. The highest BCUT2D eigenvalue weighted by Crippen LogP contribution is 2.12. The van der Waals surface area contributed by atoms with Crippen LogP contribution in [0.5, 0.6) is 0 Å². The van der Waals surface area contributed by atoms with Gasteiger partial charge in [-0.15, -0.1) is 0 Å². The summed E-state index contributed by atoms with van der Waals surface area (Å²) in [6.07, 6.45) is 1.75. The van der Waals surface area contributed by atoms with Crippen LogP contribution >= 0.6 is 0 Å². The van der Waals surface area contributed by atoms with Gasteiger partial charge < -0.3 is 19.9 Å². The van der Waals surface area contributed by atoms with Gasteiger partial charge >= 0.3 is 0 Å². The zero-order valence-electron chi connectivity index (χ0n) is 14.8. The van der Waals surface area contributed by atoms with E-state index in [2.05, 4.69) is 15.2 Å². The molecule has 1 aromatic heterocycles. The Morgan fingerprint density at radius 1 is 1.04 bits per heavy atom. The van der Waals surface area contributed by atoms with Gasteiger partial charge in [0.15, 0.2) is 0 Å². The standard InChI is InChI=1S/C19H21FN4O3/c20-15-4-6-16(7-5-15)22-18(25)13-27-14-19(26)24-11-9-23(10-12-24)17-3-1-2-8-21-17/h1-8H,9-14H2,(H,22,25). The third-order valence-electron chi connectivity index (χ3n) is 4.19. The molecule has 0 atom stereocenters. The smallest absolute Gasteiger partial charge is 0.250 e. The van der Waals surface area contributed by atoms with Crippen LogP contribution in [0.1, 0.15) is 0 Å². The molecule has 1 aliphatic heterocycles. The summed E-state index contributed by atoms with van der Waals surface area (Å²) in [5, 5.41) is 2.58. The summed E-state index contributed by atoms with van der Waals surface area (Å²) in [6, 6.07) is 11.2. The average Bonchev–Trinajstić information content (AvgIpc) is 2.70. The number of nitrogens with zero attached hydrogens (tertiary/aromatic N) is 3. The van der Waals surface area contributed by atoms with Gasteiger partial charge in [-0.25, -0.2) is 9.37 Å². The van der Waals surface area contributed by atoms with Gasteiger partial charge in [0.25, 0.3) is 0 Å². The van der Waals surface area contributed by atoms with E-state index in [-0.39, 0.29) is 24.9 Å². The Bertz CT molecular complexity index is 762. The second-order valence-corrected chi connectivity index (χ2v) is 6.10. The van der Waals surface area contributed by atoms with Crippen molar-refractivity contribution in [3.8, 4) is 0 Å². The zero-order chi connectivity index (χ0) is 19.1. The molecule has 0 aliphatic carbocycles. The number of carbonyl (C=O) groups excluding carboxylic acids is 2. The SMILES string of the molecule is O=C(COCC(=O)N1CCN(c2ccccn2)CC1)Nc1ccc(F)cc1. The lowest BCUT2D eigenvalue weighted by atomic mass is 10.3. The molecule has 0 spiro atoms. The Morgan fingerprint density at radius 2 is 1.78 bits per heavy atom. The summed E-state index contributed by atoms with van der Waals surface area (Å²) in [7, 11) is 0. The Kier molecular flexibility index (Phi) is 6.32. The van der Waals surface area contributed by atoms with Gasteiger partial charge in [-0.2, -0.15) is 0 Å². The summed E-state index contributed by atoms with van der Waals surface area (Å²) in [4.78, 5) is 32.2. The highest BCUT2D eigenvalue weighted by Gasteiger charge is 2.21. The van der Waals surface area contributed by atoms with Crippen molar-refractivity contribution in [1.82, 2.24) is 9.88 Å². The maximum Gasteiger partial charge on any atom is 0.250 e. The molecule has 1 aliphatic rings. The van der Waals surface area contributed by atoms with E-state index in [9.17, 15) is 14.0 Å². The molecule has 8 heteroatoms. The van der Waals surface area contributed by atoms with Crippen molar-refractivity contribution < 1.29 is 18.7 Å². The molecule has 0 saturated carbocycles. The van der Waals surface area contributed by atoms with E-state index in [0.717, 1.165) is 5.82 Å². The Morgan fingerprint density at radius 3 is 2.44 bits per heavy atom. The minimum absolute atomic E-state index is 0.148. The third-order valence-corrected chi connectivity index (χ3v) is 4.19. The lowest BCUT2D eigenvalue weighted by molar-refractivity contribution is -0.137. The topological polar surface area (TPSA) is 74.8 Å². The van der Waals surface area contributed by atoms with Gasteiger partial charge in [0, 0.05) is 38.1 Å². The lowest BCUT2D eigenvalue weighted by Crippen LogP contribution is -2.50.